The van der Waals surface area contributed by atoms with Crippen molar-refractivity contribution in [2.24, 2.45) is 0 Å². The zero-order valence-electron chi connectivity index (χ0n) is 15.9. The van der Waals surface area contributed by atoms with Crippen LogP contribution in [0.4, 0.5) is 0 Å². The monoisotopic (exact) mass is 372 g/mol. The molecular weight excluding hydrogens is 344 g/mol. The first-order valence-electron chi connectivity index (χ1n) is 9.70. The first-order chi connectivity index (χ1) is 13.0. The van der Waals surface area contributed by atoms with E-state index in [1.54, 1.807) is 18.2 Å². The average Bonchev–Trinajstić information content (AvgIpc) is 2.65. The minimum absolute atomic E-state index is 0.188. The number of carboxylic acid groups (broad SMARTS) is 1. The van der Waals surface area contributed by atoms with Gasteiger partial charge in [0, 0.05) is 0 Å². The second-order valence-corrected chi connectivity index (χ2v) is 6.85. The van der Waals surface area contributed by atoms with Gasteiger partial charge in [0.25, 0.3) is 0 Å². The van der Waals surface area contributed by atoms with Gasteiger partial charge in [0.05, 0.1) is 12.2 Å². The Bertz CT molecular complexity index is 782. The molecule has 2 aromatic rings. The quantitative estimate of drug-likeness (QED) is 0.399. The molecule has 2 N–H and O–H groups in total. The lowest BCUT2D eigenvalue weighted by Crippen LogP contribution is -2.06. The van der Waals surface area contributed by atoms with Gasteiger partial charge in [-0.1, -0.05) is 57.9 Å². The number of benzene rings is 2. The van der Waals surface area contributed by atoms with Crippen molar-refractivity contribution in [2.75, 3.05) is 6.61 Å². The molecule has 0 radical (unpaired) electrons. The van der Waals surface area contributed by atoms with Gasteiger partial charge in [-0.15, -0.1) is 0 Å². The molecule has 0 aliphatic heterocycles. The number of aromatic carboxylic acids is 1. The van der Waals surface area contributed by atoms with E-state index in [0.717, 1.165) is 12.8 Å². The number of unbranched alkanes of at least 4 members (excludes halogenated alkanes) is 7. The van der Waals surface area contributed by atoms with Crippen LogP contribution in [0.5, 0.6) is 5.75 Å². The van der Waals surface area contributed by atoms with Gasteiger partial charge in [-0.05, 0) is 41.5 Å². The van der Waals surface area contributed by atoms with E-state index in [2.05, 4.69) is 6.92 Å². The molecule has 27 heavy (non-hydrogen) atoms. The molecule has 5 heteroatoms. The summed E-state index contributed by atoms with van der Waals surface area (Å²) in [6, 6.07) is 7.64. The van der Waals surface area contributed by atoms with Gasteiger partial charge >= 0.3 is 11.9 Å². The van der Waals surface area contributed by atoms with Crippen LogP contribution >= 0.6 is 0 Å². The fraction of sp³-hybridized carbons (Fsp3) is 0.455. The molecule has 0 fully saturated rings. The summed E-state index contributed by atoms with van der Waals surface area (Å²) in [5.74, 6) is -1.91. The highest BCUT2D eigenvalue weighted by Gasteiger charge is 2.13. The fourth-order valence-corrected chi connectivity index (χ4v) is 3.07. The van der Waals surface area contributed by atoms with Crippen molar-refractivity contribution < 1.29 is 24.5 Å². The van der Waals surface area contributed by atoms with Gasteiger partial charge in [0.2, 0.25) is 0 Å². The van der Waals surface area contributed by atoms with Crippen LogP contribution in [0, 0.1) is 0 Å². The van der Waals surface area contributed by atoms with E-state index in [1.165, 1.54) is 50.7 Å². The van der Waals surface area contributed by atoms with Gasteiger partial charge in [0.15, 0.2) is 0 Å². The van der Waals surface area contributed by atoms with E-state index in [4.69, 9.17) is 9.84 Å². The zero-order chi connectivity index (χ0) is 19.6. The molecular formula is C22H28O5. The summed E-state index contributed by atoms with van der Waals surface area (Å²) in [5.41, 5.74) is 0.191. The highest BCUT2D eigenvalue weighted by molar-refractivity contribution is 6.00. The van der Waals surface area contributed by atoms with Crippen molar-refractivity contribution in [3.8, 4) is 5.75 Å². The van der Waals surface area contributed by atoms with Crippen LogP contribution in [0.25, 0.3) is 10.8 Å². The molecule has 0 aliphatic rings. The summed E-state index contributed by atoms with van der Waals surface area (Å²) in [6.07, 6.45) is 9.44. The molecule has 0 spiro atoms. The third kappa shape index (κ3) is 6.27. The number of fused-ring (bicyclic) bond motifs is 1. The third-order valence-corrected chi connectivity index (χ3v) is 4.65. The van der Waals surface area contributed by atoms with E-state index >= 15 is 0 Å². The number of carbonyl (C=O) groups excluding carboxylic acids is 1. The van der Waals surface area contributed by atoms with Crippen molar-refractivity contribution in [3.63, 3.8) is 0 Å². The smallest absolute Gasteiger partial charge is 0.339 e. The third-order valence-electron chi connectivity index (χ3n) is 4.65. The summed E-state index contributed by atoms with van der Waals surface area (Å²) in [4.78, 5) is 23.3. The minimum atomic E-state index is -1.21. The van der Waals surface area contributed by atoms with Crippen LogP contribution in [0.1, 0.15) is 79.0 Å². The molecule has 5 nitrogen and oxygen atoms in total. The number of hydrogen-bond acceptors (Lipinski definition) is 4. The summed E-state index contributed by atoms with van der Waals surface area (Å²) in [7, 11) is 0. The number of carboxylic acids is 1. The normalized spacial score (nSPS) is 10.9. The molecule has 0 saturated carbocycles. The van der Waals surface area contributed by atoms with Gasteiger partial charge in [-0.2, -0.15) is 0 Å². The van der Waals surface area contributed by atoms with Crippen LogP contribution in [0.3, 0.4) is 0 Å². The molecule has 0 bridgehead atoms. The van der Waals surface area contributed by atoms with Crippen LogP contribution < -0.4 is 0 Å². The first-order valence-corrected chi connectivity index (χ1v) is 9.70. The van der Waals surface area contributed by atoms with Crippen molar-refractivity contribution >= 4 is 22.7 Å². The SMILES string of the molecule is CCCCCCCCCCOC(=O)c1ccc2cc(O)c(C(=O)O)cc2c1. The van der Waals surface area contributed by atoms with Gasteiger partial charge < -0.3 is 14.9 Å². The molecule has 2 aromatic carbocycles. The van der Waals surface area contributed by atoms with Crippen LogP contribution in [0.2, 0.25) is 0 Å². The van der Waals surface area contributed by atoms with Gasteiger partial charge in [-0.3, -0.25) is 0 Å². The fourth-order valence-electron chi connectivity index (χ4n) is 3.07. The number of ether oxygens (including phenoxy) is 1. The Kier molecular flexibility index (Phi) is 8.11. The summed E-state index contributed by atoms with van der Waals surface area (Å²) in [5, 5.41) is 20.1. The standard InChI is InChI=1S/C22H28O5/c1-2-3-4-5-6-7-8-9-12-27-22(26)17-11-10-16-15-20(23)19(21(24)25)14-18(16)13-17/h10-11,13-15,23H,2-9,12H2,1H3,(H,24,25). The Labute approximate surface area is 160 Å². The average molecular weight is 372 g/mol. The maximum atomic E-state index is 12.2. The topological polar surface area (TPSA) is 83.8 Å². The second kappa shape index (κ2) is 10.6. The highest BCUT2D eigenvalue weighted by Crippen LogP contribution is 2.26. The van der Waals surface area contributed by atoms with Crippen molar-refractivity contribution in [2.45, 2.75) is 58.3 Å². The molecule has 0 atom stereocenters. The lowest BCUT2D eigenvalue weighted by molar-refractivity contribution is 0.0497. The van der Waals surface area contributed by atoms with E-state index in [0.29, 0.717) is 22.9 Å². The van der Waals surface area contributed by atoms with Crippen molar-refractivity contribution in [1.29, 1.82) is 0 Å². The van der Waals surface area contributed by atoms with Gasteiger partial charge in [-0.25, -0.2) is 9.59 Å². The Balaban J connectivity index is 1.83. The van der Waals surface area contributed by atoms with Crippen LogP contribution in [-0.2, 0) is 4.74 Å². The molecule has 0 saturated heterocycles. The Morgan fingerprint density at radius 3 is 2.22 bits per heavy atom. The number of hydrogen-bond donors (Lipinski definition) is 2. The largest absolute Gasteiger partial charge is 0.507 e. The molecule has 0 aromatic heterocycles. The zero-order valence-corrected chi connectivity index (χ0v) is 15.9. The maximum Gasteiger partial charge on any atom is 0.339 e. The lowest BCUT2D eigenvalue weighted by atomic mass is 10.0. The molecule has 146 valence electrons. The lowest BCUT2D eigenvalue weighted by Gasteiger charge is -2.07. The first kappa shape index (κ1) is 20.7. The number of carbonyl (C=O) groups is 2. The second-order valence-electron chi connectivity index (χ2n) is 6.85. The summed E-state index contributed by atoms with van der Waals surface area (Å²) >= 11 is 0. The molecule has 0 heterocycles. The number of rotatable bonds is 11. The van der Waals surface area contributed by atoms with Crippen LogP contribution in [0.15, 0.2) is 30.3 Å². The van der Waals surface area contributed by atoms with E-state index < -0.39 is 11.9 Å². The number of aromatic hydroxyl groups is 1. The molecule has 2 rings (SSSR count). The predicted octanol–water partition coefficient (Wildman–Crippen LogP) is 5.54. The molecule has 0 unspecified atom stereocenters. The Morgan fingerprint density at radius 2 is 1.56 bits per heavy atom. The predicted molar refractivity (Wildman–Crippen MR) is 105 cm³/mol. The van der Waals surface area contributed by atoms with Crippen molar-refractivity contribution in [1.82, 2.24) is 0 Å². The Morgan fingerprint density at radius 1 is 0.889 bits per heavy atom. The van der Waals surface area contributed by atoms with Crippen molar-refractivity contribution in [3.05, 3.63) is 41.5 Å². The van der Waals surface area contributed by atoms with Crippen LogP contribution in [-0.4, -0.2) is 28.8 Å². The highest BCUT2D eigenvalue weighted by atomic mass is 16.5. The maximum absolute atomic E-state index is 12.2. The minimum Gasteiger partial charge on any atom is -0.507 e. The van der Waals surface area contributed by atoms with Gasteiger partial charge in [0.1, 0.15) is 11.3 Å². The van der Waals surface area contributed by atoms with E-state index in [9.17, 15) is 14.7 Å². The molecule has 0 aliphatic carbocycles. The van der Waals surface area contributed by atoms with E-state index in [-0.39, 0.29) is 11.3 Å². The summed E-state index contributed by atoms with van der Waals surface area (Å²) in [6.45, 7) is 2.60. The number of esters is 1. The Hall–Kier alpha value is -2.56. The number of phenols is 1. The molecule has 0 amide bonds. The van der Waals surface area contributed by atoms with E-state index in [1.807, 2.05) is 0 Å². The summed E-state index contributed by atoms with van der Waals surface area (Å²) < 4.78 is 5.32.